The third kappa shape index (κ3) is 6.25. The van der Waals surface area contributed by atoms with Crippen LogP contribution in [0.3, 0.4) is 0 Å². The van der Waals surface area contributed by atoms with E-state index in [1.807, 2.05) is 48.5 Å². The number of hydrogen-bond donors (Lipinski definition) is 0. The van der Waals surface area contributed by atoms with Gasteiger partial charge >= 0.3 is 5.97 Å². The molecule has 0 spiro atoms. The van der Waals surface area contributed by atoms with Crippen molar-refractivity contribution in [3.8, 4) is 5.75 Å². The molecule has 0 N–H and O–H groups in total. The summed E-state index contributed by atoms with van der Waals surface area (Å²) < 4.78 is 23.7. The Morgan fingerprint density at radius 1 is 0.857 bits per heavy atom. The number of hydrogen-bond acceptors (Lipinski definition) is 3. The average Bonchev–Trinajstić information content (AvgIpc) is 2.72. The molecule has 0 heterocycles. The smallest absolute Gasteiger partial charge is 0.331 e. The van der Waals surface area contributed by atoms with Gasteiger partial charge in [0.05, 0.1) is 0 Å². The number of carbonyl (C=O) groups is 1. The Morgan fingerprint density at radius 2 is 1.46 bits per heavy atom. The molecule has 0 amide bonds. The van der Waals surface area contributed by atoms with Gasteiger partial charge in [-0.25, -0.2) is 9.18 Å². The van der Waals surface area contributed by atoms with E-state index in [1.165, 1.54) is 18.2 Å². The van der Waals surface area contributed by atoms with Crippen LogP contribution in [0.15, 0.2) is 78.9 Å². The van der Waals surface area contributed by atoms with Gasteiger partial charge in [0.15, 0.2) is 0 Å². The second-order valence-corrected chi connectivity index (χ2v) is 6.49. The summed E-state index contributed by atoms with van der Waals surface area (Å²) in [5, 5.41) is 0.691. The Morgan fingerprint density at radius 3 is 2.14 bits per heavy atom. The van der Waals surface area contributed by atoms with Gasteiger partial charge in [-0.2, -0.15) is 0 Å². The molecular weight excluding hydrogens is 379 g/mol. The second kappa shape index (κ2) is 9.72. The zero-order valence-electron chi connectivity index (χ0n) is 15.0. The van der Waals surface area contributed by atoms with Crippen molar-refractivity contribution in [2.75, 3.05) is 0 Å². The molecule has 3 aromatic carbocycles. The molecule has 0 fully saturated rings. The van der Waals surface area contributed by atoms with Crippen LogP contribution in [0.5, 0.6) is 5.75 Å². The molecule has 0 unspecified atom stereocenters. The topological polar surface area (TPSA) is 35.5 Å². The van der Waals surface area contributed by atoms with Crippen LogP contribution < -0.4 is 4.74 Å². The van der Waals surface area contributed by atoms with Crippen molar-refractivity contribution in [3.63, 3.8) is 0 Å². The molecule has 3 nitrogen and oxygen atoms in total. The van der Waals surface area contributed by atoms with Gasteiger partial charge in [-0.05, 0) is 59.2 Å². The molecule has 3 aromatic rings. The lowest BCUT2D eigenvalue weighted by Crippen LogP contribution is -2.00. The highest BCUT2D eigenvalue weighted by Gasteiger charge is 2.00. The maximum atomic E-state index is 12.8. The molecule has 0 aromatic heterocycles. The van der Waals surface area contributed by atoms with E-state index in [1.54, 1.807) is 18.2 Å². The molecule has 0 aliphatic rings. The molecule has 0 radical (unpaired) electrons. The largest absolute Gasteiger partial charge is 0.489 e. The van der Waals surface area contributed by atoms with Gasteiger partial charge in [0.25, 0.3) is 0 Å². The number of halogens is 2. The van der Waals surface area contributed by atoms with Gasteiger partial charge < -0.3 is 9.47 Å². The maximum absolute atomic E-state index is 12.8. The Hall–Kier alpha value is -3.11. The number of ether oxygens (including phenoxy) is 2. The number of carbonyl (C=O) groups excluding carboxylic acids is 1. The van der Waals surface area contributed by atoms with Gasteiger partial charge in [0.2, 0.25) is 0 Å². The van der Waals surface area contributed by atoms with Gasteiger partial charge in [0.1, 0.15) is 24.8 Å². The van der Waals surface area contributed by atoms with Crippen molar-refractivity contribution in [2.24, 2.45) is 0 Å². The van der Waals surface area contributed by atoms with E-state index in [0.29, 0.717) is 11.6 Å². The van der Waals surface area contributed by atoms with Crippen LogP contribution >= 0.6 is 11.6 Å². The summed E-state index contributed by atoms with van der Waals surface area (Å²) >= 11 is 5.86. The van der Waals surface area contributed by atoms with E-state index < -0.39 is 5.97 Å². The van der Waals surface area contributed by atoms with Crippen LogP contribution in [0.2, 0.25) is 5.02 Å². The molecule has 0 saturated heterocycles. The van der Waals surface area contributed by atoms with Gasteiger partial charge in [-0.3, -0.25) is 0 Å². The van der Waals surface area contributed by atoms with E-state index in [-0.39, 0.29) is 12.4 Å². The van der Waals surface area contributed by atoms with E-state index in [0.717, 1.165) is 22.4 Å². The predicted octanol–water partition coefficient (Wildman–Crippen LogP) is 5.81. The van der Waals surface area contributed by atoms with Crippen molar-refractivity contribution in [2.45, 2.75) is 13.2 Å². The summed E-state index contributed by atoms with van der Waals surface area (Å²) in [6.07, 6.45) is 3.02. The maximum Gasteiger partial charge on any atom is 0.331 e. The second-order valence-electron chi connectivity index (χ2n) is 6.05. The molecule has 3 rings (SSSR count). The lowest BCUT2D eigenvalue weighted by molar-refractivity contribution is -0.138. The normalized spacial score (nSPS) is 10.8. The molecule has 0 aliphatic carbocycles. The Labute approximate surface area is 168 Å². The first-order valence-electron chi connectivity index (χ1n) is 8.65. The number of esters is 1. The first kappa shape index (κ1) is 19.6. The van der Waals surface area contributed by atoms with E-state index >= 15 is 0 Å². The zero-order valence-corrected chi connectivity index (χ0v) is 15.7. The molecule has 0 bridgehead atoms. The summed E-state index contributed by atoms with van der Waals surface area (Å²) in [5.41, 5.74) is 2.60. The summed E-state index contributed by atoms with van der Waals surface area (Å²) in [5.74, 6) is -0.0612. The van der Waals surface area contributed by atoms with Crippen LogP contribution in [0, 0.1) is 5.82 Å². The van der Waals surface area contributed by atoms with E-state index in [9.17, 15) is 9.18 Å². The highest BCUT2D eigenvalue weighted by atomic mass is 35.5. The summed E-state index contributed by atoms with van der Waals surface area (Å²) in [6.45, 7) is 0.545. The molecular formula is C23H18ClFO3. The third-order valence-electron chi connectivity index (χ3n) is 3.91. The first-order valence-corrected chi connectivity index (χ1v) is 9.03. The fraction of sp³-hybridized carbons (Fsp3) is 0.0870. The molecule has 142 valence electrons. The van der Waals surface area contributed by atoms with Crippen molar-refractivity contribution in [3.05, 3.63) is 106 Å². The molecule has 5 heteroatoms. The average molecular weight is 397 g/mol. The van der Waals surface area contributed by atoms with Crippen LogP contribution in [-0.4, -0.2) is 5.97 Å². The Kier molecular flexibility index (Phi) is 6.82. The Bertz CT molecular complexity index is 933. The van der Waals surface area contributed by atoms with Gasteiger partial charge in [-0.1, -0.05) is 48.0 Å². The lowest BCUT2D eigenvalue weighted by Gasteiger charge is -2.06. The first-order chi connectivity index (χ1) is 13.6. The summed E-state index contributed by atoms with van der Waals surface area (Å²) in [4.78, 5) is 11.8. The predicted molar refractivity (Wildman–Crippen MR) is 107 cm³/mol. The molecule has 28 heavy (non-hydrogen) atoms. The van der Waals surface area contributed by atoms with Crippen molar-refractivity contribution in [1.29, 1.82) is 0 Å². The molecule has 0 atom stereocenters. The fourth-order valence-electron chi connectivity index (χ4n) is 2.37. The van der Waals surface area contributed by atoms with E-state index in [2.05, 4.69) is 0 Å². The van der Waals surface area contributed by atoms with Gasteiger partial charge in [-0.15, -0.1) is 0 Å². The molecule has 0 aliphatic heterocycles. The number of rotatable bonds is 7. The highest BCUT2D eigenvalue weighted by molar-refractivity contribution is 6.30. The lowest BCUT2D eigenvalue weighted by atomic mass is 10.2. The zero-order chi connectivity index (χ0) is 19.8. The van der Waals surface area contributed by atoms with Crippen molar-refractivity contribution >= 4 is 23.6 Å². The van der Waals surface area contributed by atoms with Crippen molar-refractivity contribution < 1.29 is 18.7 Å². The number of benzene rings is 3. The van der Waals surface area contributed by atoms with Crippen LogP contribution in [0.4, 0.5) is 4.39 Å². The fourth-order valence-corrected chi connectivity index (χ4v) is 2.50. The SMILES string of the molecule is O=C(C=Cc1ccc(OCc2ccc(Cl)cc2)cc1)OCc1ccc(F)cc1. The minimum Gasteiger partial charge on any atom is -0.489 e. The summed E-state index contributed by atoms with van der Waals surface area (Å²) in [6, 6.07) is 20.6. The highest BCUT2D eigenvalue weighted by Crippen LogP contribution is 2.16. The monoisotopic (exact) mass is 396 g/mol. The minimum atomic E-state index is -0.465. The van der Waals surface area contributed by atoms with Crippen LogP contribution in [-0.2, 0) is 22.7 Å². The standard InChI is InChI=1S/C23H18ClFO3/c24-20-8-1-18(2-9-20)15-27-22-12-5-17(6-13-22)7-14-23(26)28-16-19-3-10-21(25)11-4-19/h1-14H,15-16H2. The summed E-state index contributed by atoms with van der Waals surface area (Å²) in [7, 11) is 0. The van der Waals surface area contributed by atoms with E-state index in [4.69, 9.17) is 21.1 Å². The van der Waals surface area contributed by atoms with Crippen molar-refractivity contribution in [1.82, 2.24) is 0 Å². The quantitative estimate of drug-likeness (QED) is 0.373. The molecule has 0 saturated carbocycles. The third-order valence-corrected chi connectivity index (χ3v) is 4.16. The van der Waals surface area contributed by atoms with Crippen LogP contribution in [0.25, 0.3) is 6.08 Å². The Balaban J connectivity index is 1.46. The minimum absolute atomic E-state index is 0.0981. The van der Waals surface area contributed by atoms with Crippen LogP contribution in [0.1, 0.15) is 16.7 Å². The van der Waals surface area contributed by atoms with Gasteiger partial charge in [0, 0.05) is 11.1 Å².